The minimum absolute atomic E-state index is 0.0994. The molecule has 4 aliphatic rings. The molecule has 3 amide bonds. The summed E-state index contributed by atoms with van der Waals surface area (Å²) in [7, 11) is 0. The number of nitrogens with zero attached hydrogens (tertiary/aromatic N) is 2. The third-order valence-corrected chi connectivity index (χ3v) is 5.99. The summed E-state index contributed by atoms with van der Waals surface area (Å²) in [6.45, 7) is 5.89. The SMILES string of the molecule is CC(C)C(C(=O)N1CCOCC1)N1C(=O)C2C3C=CC(C3)C2C1=O. The number of ether oxygens (including phenoxy) is 1. The Morgan fingerprint density at radius 2 is 1.62 bits per heavy atom. The lowest BCUT2D eigenvalue weighted by atomic mass is 9.85. The van der Waals surface area contributed by atoms with Gasteiger partial charge in [-0.3, -0.25) is 19.3 Å². The fourth-order valence-electron chi connectivity index (χ4n) is 4.86. The molecule has 0 N–H and O–H groups in total. The molecule has 5 unspecified atom stereocenters. The van der Waals surface area contributed by atoms with E-state index >= 15 is 0 Å². The highest BCUT2D eigenvalue weighted by Gasteiger charge is 2.61. The van der Waals surface area contributed by atoms with Crippen LogP contribution in [0.5, 0.6) is 0 Å². The molecular weight excluding hydrogens is 308 g/mol. The number of hydrogen-bond donors (Lipinski definition) is 0. The van der Waals surface area contributed by atoms with Gasteiger partial charge in [0.15, 0.2) is 0 Å². The van der Waals surface area contributed by atoms with Crippen LogP contribution in [0, 0.1) is 29.6 Å². The molecule has 6 heteroatoms. The lowest BCUT2D eigenvalue weighted by Crippen LogP contribution is -2.56. The first-order valence-electron chi connectivity index (χ1n) is 8.92. The van der Waals surface area contributed by atoms with Crippen molar-refractivity contribution in [2.75, 3.05) is 26.3 Å². The van der Waals surface area contributed by atoms with Gasteiger partial charge in [-0.15, -0.1) is 0 Å². The molecule has 0 aromatic carbocycles. The Bertz CT molecular complexity index is 578. The summed E-state index contributed by atoms with van der Waals surface area (Å²) in [5.41, 5.74) is 0. The van der Waals surface area contributed by atoms with E-state index < -0.39 is 6.04 Å². The maximum absolute atomic E-state index is 13.0. The van der Waals surface area contributed by atoms with Crippen LogP contribution in [0.25, 0.3) is 0 Å². The number of carbonyl (C=O) groups excluding carboxylic acids is 3. The highest BCUT2D eigenvalue weighted by atomic mass is 16.5. The van der Waals surface area contributed by atoms with E-state index in [2.05, 4.69) is 12.2 Å². The lowest BCUT2D eigenvalue weighted by molar-refractivity contribution is -0.155. The van der Waals surface area contributed by atoms with Crippen molar-refractivity contribution in [3.8, 4) is 0 Å². The topological polar surface area (TPSA) is 66.9 Å². The number of imide groups is 1. The third kappa shape index (κ3) is 2.15. The van der Waals surface area contributed by atoms with Crippen molar-refractivity contribution in [2.24, 2.45) is 29.6 Å². The number of allylic oxidation sites excluding steroid dienone is 2. The number of hydrogen-bond acceptors (Lipinski definition) is 4. The average Bonchev–Trinajstić information content (AvgIpc) is 3.25. The normalized spacial score (nSPS) is 36.0. The molecule has 24 heavy (non-hydrogen) atoms. The summed E-state index contributed by atoms with van der Waals surface area (Å²) in [5, 5.41) is 0. The molecule has 0 radical (unpaired) electrons. The maximum Gasteiger partial charge on any atom is 0.246 e. The second kappa shape index (κ2) is 5.69. The maximum atomic E-state index is 13.0. The standard InChI is InChI=1S/C18H24N2O4/c1-10(2)15(18(23)19-5-7-24-8-6-19)20-16(21)13-11-3-4-12(9-11)14(13)17(20)22/h3-4,10-15H,5-9H2,1-2H3. The lowest BCUT2D eigenvalue weighted by Gasteiger charge is -2.35. The number of rotatable bonds is 3. The van der Waals surface area contributed by atoms with Crippen LogP contribution in [0.1, 0.15) is 20.3 Å². The molecule has 3 fully saturated rings. The van der Waals surface area contributed by atoms with Gasteiger partial charge in [0.2, 0.25) is 17.7 Å². The van der Waals surface area contributed by atoms with E-state index in [1.165, 1.54) is 4.90 Å². The zero-order chi connectivity index (χ0) is 17.0. The molecular formula is C18H24N2O4. The largest absolute Gasteiger partial charge is 0.378 e. The van der Waals surface area contributed by atoms with Crippen LogP contribution in [0.2, 0.25) is 0 Å². The first-order valence-corrected chi connectivity index (χ1v) is 8.92. The Morgan fingerprint density at radius 3 is 2.12 bits per heavy atom. The minimum atomic E-state index is -0.687. The van der Waals surface area contributed by atoms with Crippen LogP contribution >= 0.6 is 0 Å². The van der Waals surface area contributed by atoms with Crippen molar-refractivity contribution < 1.29 is 19.1 Å². The van der Waals surface area contributed by atoms with E-state index in [0.717, 1.165) is 6.42 Å². The predicted octanol–water partition coefficient (Wildman–Crippen LogP) is 0.677. The van der Waals surface area contributed by atoms with E-state index in [1.54, 1.807) is 4.90 Å². The quantitative estimate of drug-likeness (QED) is 0.563. The summed E-state index contributed by atoms with van der Waals surface area (Å²) in [5.74, 6) is -0.629. The van der Waals surface area contributed by atoms with Gasteiger partial charge in [0, 0.05) is 13.1 Å². The van der Waals surface area contributed by atoms with E-state index in [-0.39, 0.29) is 47.3 Å². The van der Waals surface area contributed by atoms with Crippen LogP contribution in [0.4, 0.5) is 0 Å². The first kappa shape index (κ1) is 15.8. The van der Waals surface area contributed by atoms with E-state index in [1.807, 2.05) is 13.8 Å². The second-order valence-corrected chi connectivity index (χ2v) is 7.67. The van der Waals surface area contributed by atoms with E-state index in [0.29, 0.717) is 26.3 Å². The van der Waals surface area contributed by atoms with Crippen molar-refractivity contribution in [3.63, 3.8) is 0 Å². The third-order valence-electron chi connectivity index (χ3n) is 5.99. The highest BCUT2D eigenvalue weighted by molar-refractivity contribution is 6.09. The van der Waals surface area contributed by atoms with Gasteiger partial charge in [-0.25, -0.2) is 0 Å². The molecule has 2 aliphatic carbocycles. The van der Waals surface area contributed by atoms with Gasteiger partial charge in [0.25, 0.3) is 0 Å². The monoisotopic (exact) mass is 332 g/mol. The van der Waals surface area contributed by atoms with Crippen molar-refractivity contribution >= 4 is 17.7 Å². The Hall–Kier alpha value is -1.69. The van der Waals surface area contributed by atoms with Crippen molar-refractivity contribution in [1.82, 2.24) is 9.80 Å². The Kier molecular flexibility index (Phi) is 3.75. The molecule has 0 spiro atoms. The van der Waals surface area contributed by atoms with Crippen LogP contribution in [0.15, 0.2) is 12.2 Å². The van der Waals surface area contributed by atoms with Gasteiger partial charge in [0.1, 0.15) is 6.04 Å². The van der Waals surface area contributed by atoms with Gasteiger partial charge in [-0.1, -0.05) is 26.0 Å². The van der Waals surface area contributed by atoms with Crippen LogP contribution in [-0.4, -0.2) is 59.9 Å². The molecule has 6 nitrogen and oxygen atoms in total. The van der Waals surface area contributed by atoms with Gasteiger partial charge in [-0.05, 0) is 24.2 Å². The molecule has 2 aliphatic heterocycles. The number of fused-ring (bicyclic) bond motifs is 5. The highest BCUT2D eigenvalue weighted by Crippen LogP contribution is 2.53. The van der Waals surface area contributed by atoms with Crippen molar-refractivity contribution in [2.45, 2.75) is 26.3 Å². The van der Waals surface area contributed by atoms with Crippen molar-refractivity contribution in [1.29, 1.82) is 0 Å². The molecule has 2 saturated heterocycles. The predicted molar refractivity (Wildman–Crippen MR) is 85.6 cm³/mol. The zero-order valence-corrected chi connectivity index (χ0v) is 14.2. The smallest absolute Gasteiger partial charge is 0.246 e. The van der Waals surface area contributed by atoms with E-state index in [4.69, 9.17) is 4.74 Å². The zero-order valence-electron chi connectivity index (χ0n) is 14.2. The summed E-state index contributed by atoms with van der Waals surface area (Å²) in [6.07, 6.45) is 5.06. The van der Waals surface area contributed by atoms with Gasteiger partial charge >= 0.3 is 0 Å². The Balaban J connectivity index is 1.61. The minimum Gasteiger partial charge on any atom is -0.378 e. The van der Waals surface area contributed by atoms with E-state index in [9.17, 15) is 14.4 Å². The molecule has 2 bridgehead atoms. The summed E-state index contributed by atoms with van der Waals surface area (Å²) >= 11 is 0. The van der Waals surface area contributed by atoms with Crippen LogP contribution in [0.3, 0.4) is 0 Å². The van der Waals surface area contributed by atoms with Crippen molar-refractivity contribution in [3.05, 3.63) is 12.2 Å². The molecule has 2 heterocycles. The van der Waals surface area contributed by atoms with Gasteiger partial charge in [-0.2, -0.15) is 0 Å². The number of carbonyl (C=O) groups is 3. The molecule has 0 aromatic rings. The summed E-state index contributed by atoms with van der Waals surface area (Å²) in [6, 6.07) is -0.687. The number of likely N-dealkylation sites (tertiary alicyclic amines) is 1. The fraction of sp³-hybridized carbons (Fsp3) is 0.722. The number of morpholine rings is 1. The first-order chi connectivity index (χ1) is 11.5. The molecule has 5 atom stereocenters. The molecule has 0 aromatic heterocycles. The Labute approximate surface area is 141 Å². The second-order valence-electron chi connectivity index (χ2n) is 7.67. The Morgan fingerprint density at radius 1 is 1.08 bits per heavy atom. The van der Waals surface area contributed by atoms with Crippen LogP contribution in [-0.2, 0) is 19.1 Å². The molecule has 1 saturated carbocycles. The molecule has 130 valence electrons. The summed E-state index contributed by atoms with van der Waals surface area (Å²) in [4.78, 5) is 42.1. The fourth-order valence-corrected chi connectivity index (χ4v) is 4.86. The van der Waals surface area contributed by atoms with Gasteiger partial charge in [0.05, 0.1) is 25.0 Å². The average molecular weight is 332 g/mol. The van der Waals surface area contributed by atoms with Gasteiger partial charge < -0.3 is 9.64 Å². The number of amides is 3. The summed E-state index contributed by atoms with van der Waals surface area (Å²) < 4.78 is 5.31. The van der Waals surface area contributed by atoms with Crippen LogP contribution < -0.4 is 0 Å². The molecule has 4 rings (SSSR count).